The summed E-state index contributed by atoms with van der Waals surface area (Å²) in [5, 5.41) is 8.96. The molecule has 20 heavy (non-hydrogen) atoms. The van der Waals surface area contributed by atoms with E-state index in [0.717, 1.165) is 4.57 Å². The number of nitrogens with one attached hydrogen (secondary N) is 1. The average Bonchev–Trinajstić information content (AvgIpc) is 2.79. The van der Waals surface area contributed by atoms with Gasteiger partial charge in [0.05, 0.1) is 18.8 Å². The second kappa shape index (κ2) is 6.29. The van der Waals surface area contributed by atoms with Gasteiger partial charge in [-0.25, -0.2) is 9.18 Å². The van der Waals surface area contributed by atoms with Crippen molar-refractivity contribution < 1.29 is 19.0 Å². The van der Waals surface area contributed by atoms with Gasteiger partial charge in [-0.3, -0.25) is 14.3 Å². The van der Waals surface area contributed by atoms with Crippen molar-refractivity contribution in [2.45, 2.75) is 38.5 Å². The molecule has 2 rings (SSSR count). The number of H-pyrrole nitrogens is 1. The molecule has 0 saturated carbocycles. The predicted octanol–water partition coefficient (Wildman–Crippen LogP) is -0.309. The first kappa shape index (κ1) is 14.9. The Balaban J connectivity index is 2.28. The highest BCUT2D eigenvalue weighted by atomic mass is 19.1. The van der Waals surface area contributed by atoms with Gasteiger partial charge in [0.1, 0.15) is 18.5 Å². The minimum atomic E-state index is -1.35. The molecule has 0 unspecified atom stereocenters. The second-order valence-electron chi connectivity index (χ2n) is 4.52. The maximum atomic E-state index is 13.5. The van der Waals surface area contributed by atoms with E-state index in [4.69, 9.17) is 14.6 Å². The molecule has 7 nitrogen and oxygen atoms in total. The van der Waals surface area contributed by atoms with Gasteiger partial charge in [-0.1, -0.05) is 0 Å². The van der Waals surface area contributed by atoms with Crippen molar-refractivity contribution >= 4 is 0 Å². The summed E-state index contributed by atoms with van der Waals surface area (Å²) in [4.78, 5) is 25.5. The van der Waals surface area contributed by atoms with Crippen LogP contribution in [0.25, 0.3) is 0 Å². The molecule has 8 heteroatoms. The number of aromatic nitrogens is 2. The number of alkyl halides is 1. The van der Waals surface area contributed by atoms with Crippen molar-refractivity contribution in [2.24, 2.45) is 0 Å². The van der Waals surface area contributed by atoms with Crippen LogP contribution in [-0.2, 0) is 16.1 Å². The van der Waals surface area contributed by atoms with Gasteiger partial charge in [0.2, 0.25) is 0 Å². The largest absolute Gasteiger partial charge is 0.394 e. The van der Waals surface area contributed by atoms with Gasteiger partial charge in [-0.15, -0.1) is 0 Å². The van der Waals surface area contributed by atoms with Crippen LogP contribution in [0.15, 0.2) is 15.8 Å². The molecule has 2 N–H and O–H groups in total. The van der Waals surface area contributed by atoms with E-state index in [-0.39, 0.29) is 18.6 Å². The lowest BCUT2D eigenvalue weighted by molar-refractivity contribution is -0.0358. The Morgan fingerprint density at radius 3 is 2.95 bits per heavy atom. The number of aromatic amines is 1. The molecule has 1 aromatic heterocycles. The van der Waals surface area contributed by atoms with E-state index in [1.165, 1.54) is 6.20 Å². The fourth-order valence-electron chi connectivity index (χ4n) is 2.08. The molecule has 0 amide bonds. The molecule has 1 fully saturated rings. The molecule has 1 aliphatic rings. The third-order valence-electron chi connectivity index (χ3n) is 3.16. The van der Waals surface area contributed by atoms with Crippen LogP contribution in [0, 0.1) is 0 Å². The molecular formula is C12H17FN2O5. The molecule has 0 radical (unpaired) electrons. The lowest BCUT2D eigenvalue weighted by Gasteiger charge is -2.15. The Morgan fingerprint density at radius 1 is 1.60 bits per heavy atom. The third-order valence-corrected chi connectivity index (χ3v) is 3.16. The number of nitrogens with zero attached hydrogens (tertiary/aromatic N) is 1. The van der Waals surface area contributed by atoms with E-state index in [1.54, 1.807) is 6.92 Å². The smallest absolute Gasteiger partial charge is 0.330 e. The van der Waals surface area contributed by atoms with E-state index in [9.17, 15) is 14.0 Å². The lowest BCUT2D eigenvalue weighted by Crippen LogP contribution is -2.34. The summed E-state index contributed by atoms with van der Waals surface area (Å²) in [7, 11) is 0. The number of aliphatic hydroxyl groups is 1. The molecule has 1 saturated heterocycles. The Bertz CT molecular complexity index is 570. The average molecular weight is 288 g/mol. The van der Waals surface area contributed by atoms with E-state index >= 15 is 0 Å². The molecule has 0 spiro atoms. The van der Waals surface area contributed by atoms with Gasteiger partial charge in [-0.05, 0) is 6.92 Å². The molecule has 0 aromatic carbocycles. The highest BCUT2D eigenvalue weighted by Crippen LogP contribution is 2.29. The van der Waals surface area contributed by atoms with Crippen LogP contribution >= 0.6 is 0 Å². The Morgan fingerprint density at radius 2 is 2.35 bits per heavy atom. The summed E-state index contributed by atoms with van der Waals surface area (Å²) in [6, 6.07) is 0. The monoisotopic (exact) mass is 288 g/mol. The number of hydrogen-bond acceptors (Lipinski definition) is 5. The molecule has 0 aliphatic carbocycles. The van der Waals surface area contributed by atoms with Crippen LogP contribution in [0.4, 0.5) is 4.39 Å². The maximum absolute atomic E-state index is 13.5. The van der Waals surface area contributed by atoms with Crippen molar-refractivity contribution in [2.75, 3.05) is 13.2 Å². The van der Waals surface area contributed by atoms with Gasteiger partial charge >= 0.3 is 5.69 Å². The minimum absolute atomic E-state index is 0.0503. The van der Waals surface area contributed by atoms with E-state index in [2.05, 4.69) is 4.98 Å². The standard InChI is InChI=1S/C12H17FN2O5/c1-2-19-6-7-4-15(12(18)14-11(7)17)10-3-8(13)9(5-16)20-10/h4,8-10,16H,2-3,5-6H2,1H3,(H,14,17,18)/t8-,9+,10+/m0/s1. The van der Waals surface area contributed by atoms with E-state index in [1.807, 2.05) is 0 Å². The van der Waals surface area contributed by atoms with Gasteiger partial charge < -0.3 is 14.6 Å². The molecule has 1 aromatic rings. The fourth-order valence-corrected chi connectivity index (χ4v) is 2.08. The Hall–Kier alpha value is -1.51. The van der Waals surface area contributed by atoms with Crippen molar-refractivity contribution in [3.05, 3.63) is 32.6 Å². The molecule has 0 bridgehead atoms. The number of halogens is 1. The van der Waals surface area contributed by atoms with Crippen molar-refractivity contribution in [1.82, 2.24) is 9.55 Å². The molecule has 2 heterocycles. The molecular weight excluding hydrogens is 271 g/mol. The highest BCUT2D eigenvalue weighted by molar-refractivity contribution is 5.04. The number of hydrogen-bond donors (Lipinski definition) is 2. The predicted molar refractivity (Wildman–Crippen MR) is 67.2 cm³/mol. The quantitative estimate of drug-likeness (QED) is 0.775. The number of ether oxygens (including phenoxy) is 2. The Kier molecular flexibility index (Phi) is 4.69. The topological polar surface area (TPSA) is 93.6 Å². The summed E-state index contributed by atoms with van der Waals surface area (Å²) < 4.78 is 25.1. The lowest BCUT2D eigenvalue weighted by atomic mass is 10.2. The summed E-state index contributed by atoms with van der Waals surface area (Å²) in [6.45, 7) is 1.81. The van der Waals surface area contributed by atoms with Crippen LogP contribution in [-0.4, -0.2) is 40.1 Å². The summed E-state index contributed by atoms with van der Waals surface area (Å²) in [5.41, 5.74) is -0.947. The first-order valence-electron chi connectivity index (χ1n) is 6.39. The van der Waals surface area contributed by atoms with Crippen molar-refractivity contribution in [3.63, 3.8) is 0 Å². The van der Waals surface area contributed by atoms with E-state index < -0.39 is 36.4 Å². The summed E-state index contributed by atoms with van der Waals surface area (Å²) >= 11 is 0. The van der Waals surface area contributed by atoms with Crippen LogP contribution in [0.1, 0.15) is 25.1 Å². The zero-order valence-corrected chi connectivity index (χ0v) is 11.0. The first-order valence-corrected chi connectivity index (χ1v) is 6.39. The first-order chi connectivity index (χ1) is 9.56. The zero-order chi connectivity index (χ0) is 14.7. The third kappa shape index (κ3) is 2.97. The fraction of sp³-hybridized carbons (Fsp3) is 0.667. The summed E-state index contributed by atoms with van der Waals surface area (Å²) in [5.74, 6) is 0. The molecule has 112 valence electrons. The summed E-state index contributed by atoms with van der Waals surface area (Å²) in [6.07, 6.45) is -1.88. The van der Waals surface area contributed by atoms with Gasteiger partial charge in [0.15, 0.2) is 0 Å². The van der Waals surface area contributed by atoms with Crippen molar-refractivity contribution in [3.8, 4) is 0 Å². The van der Waals surface area contributed by atoms with Gasteiger partial charge in [0, 0.05) is 19.2 Å². The number of rotatable bonds is 5. The van der Waals surface area contributed by atoms with Crippen LogP contribution in [0.5, 0.6) is 0 Å². The highest BCUT2D eigenvalue weighted by Gasteiger charge is 2.36. The minimum Gasteiger partial charge on any atom is -0.394 e. The SMILES string of the molecule is CCOCc1cn([C@H]2C[C@H](F)[C@@H](CO)O2)c(=O)[nH]c1=O. The van der Waals surface area contributed by atoms with Crippen LogP contribution < -0.4 is 11.2 Å². The van der Waals surface area contributed by atoms with Gasteiger partial charge in [0.25, 0.3) is 5.56 Å². The Labute approximate surface area is 114 Å². The van der Waals surface area contributed by atoms with Crippen molar-refractivity contribution in [1.29, 1.82) is 0 Å². The number of aliphatic hydroxyl groups excluding tert-OH is 1. The molecule has 3 atom stereocenters. The van der Waals surface area contributed by atoms with E-state index in [0.29, 0.717) is 6.61 Å². The molecule has 1 aliphatic heterocycles. The second-order valence-corrected chi connectivity index (χ2v) is 4.52. The van der Waals surface area contributed by atoms with Gasteiger partial charge in [-0.2, -0.15) is 0 Å². The van der Waals surface area contributed by atoms with Crippen LogP contribution in [0.3, 0.4) is 0 Å². The zero-order valence-electron chi connectivity index (χ0n) is 11.0. The maximum Gasteiger partial charge on any atom is 0.330 e. The normalized spacial score (nSPS) is 26.1. The van der Waals surface area contributed by atoms with Crippen LogP contribution in [0.2, 0.25) is 0 Å².